The molecule has 0 atom stereocenters. The molecule has 0 aliphatic heterocycles. The summed E-state index contributed by atoms with van der Waals surface area (Å²) in [6, 6.07) is 79.8. The lowest BCUT2D eigenvalue weighted by Gasteiger charge is -2.18. The van der Waals surface area contributed by atoms with E-state index in [1.165, 1.54) is 21.5 Å². The zero-order chi connectivity index (χ0) is 42.1. The first-order valence-corrected chi connectivity index (χ1v) is 21.7. The van der Waals surface area contributed by atoms with Crippen LogP contribution in [0.15, 0.2) is 224 Å². The highest BCUT2D eigenvalue weighted by atomic mass is 15.0. The van der Waals surface area contributed by atoms with Crippen LogP contribution in [0.3, 0.4) is 0 Å². The third-order valence-electron chi connectivity index (χ3n) is 12.7. The van der Waals surface area contributed by atoms with E-state index in [4.69, 9.17) is 15.0 Å². The van der Waals surface area contributed by atoms with Crippen LogP contribution in [0.1, 0.15) is 0 Å². The normalized spacial score (nSPS) is 11.8. The molecule has 64 heavy (non-hydrogen) atoms. The molecule has 13 aromatic rings. The second-order valence-electron chi connectivity index (χ2n) is 16.4. The van der Waals surface area contributed by atoms with Gasteiger partial charge in [-0.25, -0.2) is 15.0 Å². The van der Waals surface area contributed by atoms with E-state index in [9.17, 15) is 0 Å². The molecule has 3 heterocycles. The fourth-order valence-electron chi connectivity index (χ4n) is 9.94. The molecule has 0 saturated carbocycles. The minimum Gasteiger partial charge on any atom is -0.309 e. The first kappa shape index (κ1) is 36.0. The molecule has 0 spiro atoms. The Bertz CT molecular complexity index is 3940. The van der Waals surface area contributed by atoms with Crippen molar-refractivity contribution in [1.82, 2.24) is 24.1 Å². The Morgan fingerprint density at radius 3 is 1.59 bits per heavy atom. The number of hydrogen-bond donors (Lipinski definition) is 0. The molecule has 5 nitrogen and oxygen atoms in total. The summed E-state index contributed by atoms with van der Waals surface area (Å²) in [5.41, 5.74) is 11.8. The Labute approximate surface area is 368 Å². The zero-order valence-electron chi connectivity index (χ0n) is 34.6. The molecule has 0 aliphatic rings. The average Bonchev–Trinajstić information content (AvgIpc) is 3.88. The van der Waals surface area contributed by atoms with Gasteiger partial charge >= 0.3 is 0 Å². The van der Waals surface area contributed by atoms with Gasteiger partial charge in [-0.15, -0.1) is 0 Å². The van der Waals surface area contributed by atoms with Crippen LogP contribution in [-0.4, -0.2) is 24.1 Å². The number of benzene rings is 10. The molecule has 0 amide bonds. The molecule has 3 aromatic heterocycles. The quantitative estimate of drug-likeness (QED) is 0.168. The number of nitrogens with zero attached hydrogens (tertiary/aromatic N) is 5. The summed E-state index contributed by atoms with van der Waals surface area (Å²) < 4.78 is 4.79. The van der Waals surface area contributed by atoms with E-state index in [2.05, 4.69) is 215 Å². The van der Waals surface area contributed by atoms with Crippen molar-refractivity contribution in [3.05, 3.63) is 224 Å². The van der Waals surface area contributed by atoms with Gasteiger partial charge in [0.1, 0.15) is 0 Å². The lowest BCUT2D eigenvalue weighted by atomic mass is 9.93. The van der Waals surface area contributed by atoms with Crippen molar-refractivity contribution in [1.29, 1.82) is 0 Å². The van der Waals surface area contributed by atoms with Crippen molar-refractivity contribution in [2.75, 3.05) is 0 Å². The van der Waals surface area contributed by atoms with Crippen molar-refractivity contribution in [3.8, 4) is 56.7 Å². The Morgan fingerprint density at radius 2 is 0.828 bits per heavy atom. The van der Waals surface area contributed by atoms with E-state index >= 15 is 0 Å². The Hall–Kier alpha value is -8.67. The maximum Gasteiger partial charge on any atom is 0.164 e. The van der Waals surface area contributed by atoms with E-state index < -0.39 is 0 Å². The van der Waals surface area contributed by atoms with E-state index in [0.717, 1.165) is 82.8 Å². The molecular weight excluding hydrogens is 779 g/mol. The van der Waals surface area contributed by atoms with Gasteiger partial charge in [0.25, 0.3) is 0 Å². The van der Waals surface area contributed by atoms with Gasteiger partial charge in [-0.1, -0.05) is 170 Å². The summed E-state index contributed by atoms with van der Waals surface area (Å²) in [7, 11) is 0. The van der Waals surface area contributed by atoms with Gasteiger partial charge in [0.05, 0.1) is 27.8 Å². The van der Waals surface area contributed by atoms with Crippen molar-refractivity contribution in [3.63, 3.8) is 0 Å². The van der Waals surface area contributed by atoms with Crippen LogP contribution >= 0.6 is 0 Å². The van der Waals surface area contributed by atoms with Gasteiger partial charge in [-0.05, 0) is 81.9 Å². The molecule has 0 fully saturated rings. The van der Waals surface area contributed by atoms with Gasteiger partial charge in [0, 0.05) is 49.3 Å². The minimum absolute atomic E-state index is 0.614. The summed E-state index contributed by atoms with van der Waals surface area (Å²) in [6.07, 6.45) is 0. The summed E-state index contributed by atoms with van der Waals surface area (Å²) in [4.78, 5) is 16.1. The molecule has 13 rings (SSSR count). The summed E-state index contributed by atoms with van der Waals surface area (Å²) >= 11 is 0. The van der Waals surface area contributed by atoms with Crippen LogP contribution in [0.5, 0.6) is 0 Å². The number of rotatable bonds is 6. The maximum atomic E-state index is 5.48. The van der Waals surface area contributed by atoms with Crippen LogP contribution in [0, 0.1) is 0 Å². The molecule has 5 heteroatoms. The zero-order valence-corrected chi connectivity index (χ0v) is 34.6. The molecule has 0 unspecified atom stereocenters. The van der Waals surface area contributed by atoms with Crippen LogP contribution in [0.25, 0.3) is 122 Å². The first-order chi connectivity index (χ1) is 31.8. The SMILES string of the molecule is c1ccc(-c2nc(-c3ccc(-n4c5ccccc5c5cc6ccccc6cc54)c4c(-c5ccccc5)cccc34)nc(-c3cccc4c3c3ccccc3n4-c3ccccc3)n2)cc1. The molecular formula is C59H37N5. The fraction of sp³-hybridized carbons (Fsp3) is 0. The highest BCUT2D eigenvalue weighted by molar-refractivity contribution is 6.17. The predicted octanol–water partition coefficient (Wildman–Crippen LogP) is 15.0. The van der Waals surface area contributed by atoms with Gasteiger partial charge in [-0.3, -0.25) is 0 Å². The average molecular weight is 816 g/mol. The third-order valence-corrected chi connectivity index (χ3v) is 12.7. The van der Waals surface area contributed by atoms with E-state index in [1.807, 2.05) is 18.2 Å². The van der Waals surface area contributed by atoms with E-state index in [1.54, 1.807) is 0 Å². The van der Waals surface area contributed by atoms with Gasteiger partial charge < -0.3 is 9.13 Å². The van der Waals surface area contributed by atoms with Crippen LogP contribution < -0.4 is 0 Å². The molecule has 10 aromatic carbocycles. The van der Waals surface area contributed by atoms with Crippen LogP contribution in [-0.2, 0) is 0 Å². The molecule has 0 radical (unpaired) electrons. The van der Waals surface area contributed by atoms with E-state index in [0.29, 0.717) is 17.5 Å². The minimum atomic E-state index is 0.614. The second kappa shape index (κ2) is 14.5. The Morgan fingerprint density at radius 1 is 0.281 bits per heavy atom. The summed E-state index contributed by atoms with van der Waals surface area (Å²) in [5.74, 6) is 1.86. The Balaban J connectivity index is 1.11. The standard InChI is InChI=1S/C59H37N5/c1-4-18-38(19-5-1)43-28-16-29-45-46(34-35-53(55(43)45)64-50-31-14-12-26-44(50)49-36-40-22-10-11-23-41(40)37-54(49)64)58-60-57(39-20-6-2-7-21-39)61-59(62-58)48-30-17-33-52-56(48)47-27-13-15-32-51(47)63(52)42-24-8-3-9-25-42/h1-37H. The topological polar surface area (TPSA) is 48.5 Å². The second-order valence-corrected chi connectivity index (χ2v) is 16.4. The summed E-state index contributed by atoms with van der Waals surface area (Å²) in [5, 5.41) is 9.29. The highest BCUT2D eigenvalue weighted by Crippen LogP contribution is 2.44. The molecule has 0 N–H and O–H groups in total. The maximum absolute atomic E-state index is 5.48. The number of hydrogen-bond acceptors (Lipinski definition) is 3. The van der Waals surface area contributed by atoms with Crippen LogP contribution in [0.2, 0.25) is 0 Å². The molecule has 0 saturated heterocycles. The number of para-hydroxylation sites is 3. The molecule has 298 valence electrons. The lowest BCUT2D eigenvalue weighted by Crippen LogP contribution is -2.02. The van der Waals surface area contributed by atoms with E-state index in [-0.39, 0.29) is 0 Å². The van der Waals surface area contributed by atoms with Crippen molar-refractivity contribution in [2.45, 2.75) is 0 Å². The number of aromatic nitrogens is 5. The largest absolute Gasteiger partial charge is 0.309 e. The molecule has 0 aliphatic carbocycles. The van der Waals surface area contributed by atoms with Gasteiger partial charge in [-0.2, -0.15) is 0 Å². The first-order valence-electron chi connectivity index (χ1n) is 21.7. The monoisotopic (exact) mass is 815 g/mol. The number of fused-ring (bicyclic) bond motifs is 8. The van der Waals surface area contributed by atoms with Crippen molar-refractivity contribution < 1.29 is 0 Å². The smallest absolute Gasteiger partial charge is 0.164 e. The predicted molar refractivity (Wildman–Crippen MR) is 265 cm³/mol. The summed E-state index contributed by atoms with van der Waals surface area (Å²) in [6.45, 7) is 0. The van der Waals surface area contributed by atoms with Crippen molar-refractivity contribution >= 4 is 65.2 Å². The third kappa shape index (κ3) is 5.61. The fourth-order valence-corrected chi connectivity index (χ4v) is 9.94. The van der Waals surface area contributed by atoms with Crippen molar-refractivity contribution in [2.24, 2.45) is 0 Å². The van der Waals surface area contributed by atoms with Crippen LogP contribution in [0.4, 0.5) is 0 Å². The highest BCUT2D eigenvalue weighted by Gasteiger charge is 2.23. The lowest BCUT2D eigenvalue weighted by molar-refractivity contribution is 1.08. The molecule has 0 bridgehead atoms. The van der Waals surface area contributed by atoms with Gasteiger partial charge in [0.2, 0.25) is 0 Å². The van der Waals surface area contributed by atoms with Gasteiger partial charge in [0.15, 0.2) is 17.5 Å². The Kier molecular flexibility index (Phi) is 8.15.